The second-order valence-electron chi connectivity index (χ2n) is 7.94. The lowest BCUT2D eigenvalue weighted by molar-refractivity contribution is -0.121. The van der Waals surface area contributed by atoms with E-state index in [4.69, 9.17) is 22.2 Å². The zero-order valence-corrected chi connectivity index (χ0v) is 20.0. The molecular formula is C23H23ClN8O5. The number of benzene rings is 2. The molecule has 0 saturated carbocycles. The van der Waals surface area contributed by atoms with Crippen molar-refractivity contribution in [2.45, 2.75) is 19.0 Å². The monoisotopic (exact) mass is 526 g/mol. The highest BCUT2D eigenvalue weighted by Gasteiger charge is 2.39. The van der Waals surface area contributed by atoms with Crippen molar-refractivity contribution in [2.24, 2.45) is 11.0 Å². The van der Waals surface area contributed by atoms with E-state index in [-0.39, 0.29) is 6.54 Å². The number of dihydropyridines is 1. The molecule has 2 aliphatic heterocycles. The van der Waals surface area contributed by atoms with Crippen molar-refractivity contribution >= 4 is 35.3 Å². The first-order valence-electron chi connectivity index (χ1n) is 11.0. The fourth-order valence-corrected chi connectivity index (χ4v) is 3.64. The minimum atomic E-state index is -0.930. The molecular weight excluding hydrogens is 504 g/mol. The number of nitroso groups, excluding NO2 is 1. The summed E-state index contributed by atoms with van der Waals surface area (Å²) in [6.45, 7) is -0.431. The summed E-state index contributed by atoms with van der Waals surface area (Å²) in [6, 6.07) is 12.2. The van der Waals surface area contributed by atoms with E-state index in [9.17, 15) is 19.3 Å². The Kier molecular flexibility index (Phi) is 7.86. The number of urea groups is 2. The second kappa shape index (κ2) is 11.4. The summed E-state index contributed by atoms with van der Waals surface area (Å²) in [6.07, 6.45) is 3.16. The van der Waals surface area contributed by atoms with Crippen LogP contribution in [0.2, 0.25) is 5.02 Å². The first-order valence-corrected chi connectivity index (χ1v) is 11.4. The van der Waals surface area contributed by atoms with Crippen molar-refractivity contribution in [3.63, 3.8) is 0 Å². The summed E-state index contributed by atoms with van der Waals surface area (Å²) in [5.74, 6) is 5.42. The average molecular weight is 527 g/mol. The molecule has 1 fully saturated rings. The molecule has 14 heteroatoms. The van der Waals surface area contributed by atoms with Gasteiger partial charge in [0, 0.05) is 16.9 Å². The predicted octanol–water partition coefficient (Wildman–Crippen LogP) is 2.14. The maximum atomic E-state index is 13.2. The molecule has 37 heavy (non-hydrogen) atoms. The fraction of sp³-hybridized carbons (Fsp3) is 0.174. The molecule has 2 aromatic rings. The van der Waals surface area contributed by atoms with Gasteiger partial charge in [0.1, 0.15) is 18.1 Å². The van der Waals surface area contributed by atoms with Crippen LogP contribution >= 0.6 is 11.6 Å². The van der Waals surface area contributed by atoms with Crippen LogP contribution < -0.4 is 32.0 Å². The molecule has 13 nitrogen and oxygen atoms in total. The molecule has 1 saturated heterocycles. The number of hydrogen-bond acceptors (Lipinski definition) is 9. The van der Waals surface area contributed by atoms with Crippen molar-refractivity contribution in [1.29, 1.82) is 0 Å². The maximum absolute atomic E-state index is 13.2. The van der Waals surface area contributed by atoms with E-state index in [2.05, 4.69) is 21.1 Å². The van der Waals surface area contributed by atoms with Crippen LogP contribution in [0.1, 0.15) is 5.56 Å². The first-order chi connectivity index (χ1) is 17.9. The molecule has 0 bridgehead atoms. The third-order valence-electron chi connectivity index (χ3n) is 5.37. The SMILES string of the molecule is NNC(=O)CN1C(=O)NC(Nc2ccc(OC3=CNC(N=O)C=C3)cc2)N(Cc2ccc(Cl)cc2)C1=O. The molecule has 0 aromatic heterocycles. The molecule has 5 amide bonds. The molecule has 0 radical (unpaired) electrons. The number of carbonyl (C=O) groups excluding carboxylic acids is 3. The highest BCUT2D eigenvalue weighted by molar-refractivity contribution is 6.30. The molecule has 2 atom stereocenters. The second-order valence-corrected chi connectivity index (χ2v) is 8.37. The molecule has 2 heterocycles. The Morgan fingerprint density at radius 3 is 2.49 bits per heavy atom. The molecule has 0 aliphatic carbocycles. The Labute approximate surface area is 216 Å². The number of allylic oxidation sites excluding steroid dienone is 1. The van der Waals surface area contributed by atoms with Crippen LogP contribution in [0, 0.1) is 4.91 Å². The highest BCUT2D eigenvalue weighted by atomic mass is 35.5. The zero-order chi connectivity index (χ0) is 26.4. The Morgan fingerprint density at radius 1 is 1.14 bits per heavy atom. The first kappa shape index (κ1) is 25.5. The van der Waals surface area contributed by atoms with Crippen LogP contribution in [0.15, 0.2) is 77.8 Å². The number of nitrogens with two attached hydrogens (primary N) is 1. The van der Waals surface area contributed by atoms with Gasteiger partial charge < -0.3 is 15.4 Å². The molecule has 2 aromatic carbocycles. The number of nitrogens with zero attached hydrogens (tertiary/aromatic N) is 3. The lowest BCUT2D eigenvalue weighted by atomic mass is 10.2. The molecule has 4 rings (SSSR count). The summed E-state index contributed by atoms with van der Waals surface area (Å²) in [7, 11) is 0. The van der Waals surface area contributed by atoms with Gasteiger partial charge in [-0.25, -0.2) is 20.3 Å². The van der Waals surface area contributed by atoms with Gasteiger partial charge in [0.15, 0.2) is 12.5 Å². The summed E-state index contributed by atoms with van der Waals surface area (Å²) in [5.41, 5.74) is 3.24. The maximum Gasteiger partial charge on any atom is 0.332 e. The van der Waals surface area contributed by atoms with Gasteiger partial charge in [-0.2, -0.15) is 0 Å². The third kappa shape index (κ3) is 6.34. The normalized spacial score (nSPS) is 18.9. The van der Waals surface area contributed by atoms with Crippen LogP contribution in [-0.2, 0) is 11.3 Å². The molecule has 2 aliphatic rings. The summed E-state index contributed by atoms with van der Waals surface area (Å²) < 4.78 is 5.74. The largest absolute Gasteiger partial charge is 0.456 e. The van der Waals surface area contributed by atoms with E-state index < -0.39 is 37.0 Å². The minimum Gasteiger partial charge on any atom is -0.456 e. The summed E-state index contributed by atoms with van der Waals surface area (Å²) in [4.78, 5) is 50.3. The number of anilines is 1. The number of amides is 5. The van der Waals surface area contributed by atoms with E-state index in [1.165, 1.54) is 11.1 Å². The zero-order valence-electron chi connectivity index (χ0n) is 19.3. The van der Waals surface area contributed by atoms with Gasteiger partial charge in [0.05, 0.1) is 6.54 Å². The average Bonchev–Trinajstić information content (AvgIpc) is 2.91. The molecule has 2 unspecified atom stereocenters. The van der Waals surface area contributed by atoms with Gasteiger partial charge in [-0.05, 0) is 59.3 Å². The molecule has 192 valence electrons. The number of ether oxygens (including phenoxy) is 1. The molecule has 0 spiro atoms. The number of carbonyl (C=O) groups is 3. The number of hydrogen-bond donors (Lipinski definition) is 5. The summed E-state index contributed by atoms with van der Waals surface area (Å²) in [5, 5.41) is 12.0. The lowest BCUT2D eigenvalue weighted by Gasteiger charge is -2.41. The Balaban J connectivity index is 1.48. The smallest absolute Gasteiger partial charge is 0.332 e. The van der Waals surface area contributed by atoms with E-state index in [1.807, 2.05) is 5.43 Å². The van der Waals surface area contributed by atoms with Gasteiger partial charge in [0.2, 0.25) is 0 Å². The van der Waals surface area contributed by atoms with E-state index in [0.717, 1.165) is 10.5 Å². The van der Waals surface area contributed by atoms with Crippen LogP contribution in [0.4, 0.5) is 15.3 Å². The third-order valence-corrected chi connectivity index (χ3v) is 5.62. The van der Waals surface area contributed by atoms with Crippen molar-refractivity contribution in [3.8, 4) is 5.75 Å². The van der Waals surface area contributed by atoms with E-state index in [0.29, 0.717) is 22.2 Å². The van der Waals surface area contributed by atoms with Crippen LogP contribution in [0.25, 0.3) is 0 Å². The standard InChI is InChI=1S/C23H23ClN8O5/c24-15-3-1-14(2-4-15)12-31-21(28-22(34)32(23(31)35)13-20(33)29-25)27-16-5-7-17(8-6-16)37-18-9-10-19(30-36)26-11-18/h1-11,19,21,26-27H,12-13,25H2,(H,28,34)(H,29,33). The molecule has 6 N–H and O–H groups in total. The topological polar surface area (TPSA) is 170 Å². The lowest BCUT2D eigenvalue weighted by Crippen LogP contribution is -2.68. The fourth-order valence-electron chi connectivity index (χ4n) is 3.51. The van der Waals surface area contributed by atoms with Gasteiger partial charge in [-0.3, -0.25) is 20.4 Å². The van der Waals surface area contributed by atoms with Gasteiger partial charge in [0.25, 0.3) is 5.91 Å². The van der Waals surface area contributed by atoms with Gasteiger partial charge in [-0.1, -0.05) is 23.7 Å². The number of hydrazine groups is 1. The predicted molar refractivity (Wildman–Crippen MR) is 134 cm³/mol. The van der Waals surface area contributed by atoms with Crippen molar-refractivity contribution in [1.82, 2.24) is 25.9 Å². The number of halogens is 1. The van der Waals surface area contributed by atoms with Crippen LogP contribution in [-0.4, -0.2) is 46.8 Å². The Bertz CT molecular complexity index is 1230. The minimum absolute atomic E-state index is 0.111. The van der Waals surface area contributed by atoms with Gasteiger partial charge in [-0.15, -0.1) is 4.91 Å². The van der Waals surface area contributed by atoms with Crippen LogP contribution in [0.3, 0.4) is 0 Å². The Hall–Kier alpha value is -4.62. The van der Waals surface area contributed by atoms with Crippen molar-refractivity contribution in [3.05, 3.63) is 88.1 Å². The van der Waals surface area contributed by atoms with E-state index >= 15 is 0 Å². The van der Waals surface area contributed by atoms with Gasteiger partial charge >= 0.3 is 12.1 Å². The van der Waals surface area contributed by atoms with Crippen molar-refractivity contribution in [2.75, 3.05) is 11.9 Å². The van der Waals surface area contributed by atoms with Crippen LogP contribution in [0.5, 0.6) is 5.75 Å². The highest BCUT2D eigenvalue weighted by Crippen LogP contribution is 2.22. The number of imide groups is 1. The quantitative estimate of drug-likeness (QED) is 0.143. The summed E-state index contributed by atoms with van der Waals surface area (Å²) >= 11 is 5.97. The van der Waals surface area contributed by atoms with E-state index in [1.54, 1.807) is 60.7 Å². The Morgan fingerprint density at radius 2 is 1.86 bits per heavy atom. The number of nitrogens with one attached hydrogen (secondary N) is 4. The van der Waals surface area contributed by atoms with Crippen molar-refractivity contribution < 1.29 is 19.1 Å². The number of rotatable bonds is 9.